The Morgan fingerprint density at radius 3 is 2.85 bits per heavy atom. The van der Waals surface area contributed by atoms with Crippen LogP contribution in [0.1, 0.15) is 38.3 Å². The molecule has 0 fully saturated rings. The zero-order chi connectivity index (χ0) is 15.0. The predicted octanol–water partition coefficient (Wildman–Crippen LogP) is 1.64. The Morgan fingerprint density at radius 2 is 2.25 bits per heavy atom. The molecule has 0 saturated carbocycles. The van der Waals surface area contributed by atoms with Gasteiger partial charge in [0.15, 0.2) is 0 Å². The average Bonchev–Trinajstić information content (AvgIpc) is 2.49. The fraction of sp³-hybridized carbons (Fsp3) is 0.600. The molecule has 1 aromatic rings. The van der Waals surface area contributed by atoms with Crippen molar-refractivity contribution in [2.75, 3.05) is 13.2 Å². The molecule has 0 aliphatic carbocycles. The van der Waals surface area contributed by atoms with E-state index < -0.39 is 6.10 Å². The Kier molecular flexibility index (Phi) is 6.99. The fourth-order valence-electron chi connectivity index (χ4n) is 1.72. The molecule has 1 rings (SSSR count). The van der Waals surface area contributed by atoms with Crippen LogP contribution in [0.5, 0.6) is 5.88 Å². The van der Waals surface area contributed by atoms with Crippen molar-refractivity contribution in [3.05, 3.63) is 23.4 Å². The van der Waals surface area contributed by atoms with Gasteiger partial charge in [-0.25, -0.2) is 4.98 Å². The Labute approximate surface area is 120 Å². The maximum Gasteiger partial charge on any atom is 0.232 e. The number of pyridine rings is 1. The minimum absolute atomic E-state index is 0.123. The molecule has 0 amide bonds. The highest BCUT2D eigenvalue weighted by Crippen LogP contribution is 2.19. The van der Waals surface area contributed by atoms with Crippen molar-refractivity contribution in [1.82, 2.24) is 10.3 Å². The third-order valence-corrected chi connectivity index (χ3v) is 3.22. The third-order valence-electron chi connectivity index (χ3n) is 3.22. The van der Waals surface area contributed by atoms with E-state index in [1.165, 1.54) is 0 Å². The molecule has 2 atom stereocenters. The molecular weight excluding hydrogens is 254 g/mol. The number of aromatic nitrogens is 1. The number of rotatable bonds is 8. The molecular formula is C15H23N3O2. The number of aliphatic hydroxyl groups excluding tert-OH is 1. The van der Waals surface area contributed by atoms with Gasteiger partial charge in [0.25, 0.3) is 0 Å². The normalized spacial score (nSPS) is 13.6. The molecule has 2 N–H and O–H groups in total. The Bertz CT molecular complexity index is 457. The Hall–Kier alpha value is -1.64. The van der Waals surface area contributed by atoms with Crippen LogP contribution in [0.2, 0.25) is 0 Å². The van der Waals surface area contributed by atoms with Gasteiger partial charge >= 0.3 is 0 Å². The van der Waals surface area contributed by atoms with Gasteiger partial charge in [-0.15, -0.1) is 0 Å². The van der Waals surface area contributed by atoms with Crippen LogP contribution in [-0.4, -0.2) is 35.4 Å². The maximum absolute atomic E-state index is 9.85. The zero-order valence-corrected chi connectivity index (χ0v) is 12.4. The summed E-state index contributed by atoms with van der Waals surface area (Å²) in [6.07, 6.45) is 2.76. The van der Waals surface area contributed by atoms with Gasteiger partial charge in [-0.2, -0.15) is 5.26 Å². The molecule has 0 saturated heterocycles. The van der Waals surface area contributed by atoms with E-state index >= 15 is 0 Å². The van der Waals surface area contributed by atoms with Gasteiger partial charge in [0.05, 0.1) is 0 Å². The fourth-order valence-corrected chi connectivity index (χ4v) is 1.72. The largest absolute Gasteiger partial charge is 0.474 e. The first-order chi connectivity index (χ1) is 9.62. The van der Waals surface area contributed by atoms with Gasteiger partial charge in [-0.05, 0) is 31.4 Å². The topological polar surface area (TPSA) is 78.2 Å². The molecule has 20 heavy (non-hydrogen) atoms. The van der Waals surface area contributed by atoms with Gasteiger partial charge in [-0.1, -0.05) is 13.8 Å². The summed E-state index contributed by atoms with van der Waals surface area (Å²) in [5.41, 5.74) is 1.36. The van der Waals surface area contributed by atoms with E-state index in [2.05, 4.69) is 30.2 Å². The summed E-state index contributed by atoms with van der Waals surface area (Å²) in [5, 5.41) is 22.2. The minimum Gasteiger partial charge on any atom is -0.474 e. The molecule has 1 heterocycles. The summed E-state index contributed by atoms with van der Waals surface area (Å²) in [7, 11) is 0. The van der Waals surface area contributed by atoms with Gasteiger partial charge in [0.1, 0.15) is 24.3 Å². The molecule has 0 bridgehead atoms. The lowest BCUT2D eigenvalue weighted by atomic mass is 10.1. The van der Waals surface area contributed by atoms with E-state index in [-0.39, 0.29) is 6.61 Å². The molecule has 5 heteroatoms. The van der Waals surface area contributed by atoms with Crippen molar-refractivity contribution in [3.8, 4) is 11.9 Å². The summed E-state index contributed by atoms with van der Waals surface area (Å²) in [6.45, 7) is 6.71. The highest BCUT2D eigenvalue weighted by molar-refractivity contribution is 5.44. The molecule has 2 unspecified atom stereocenters. The lowest BCUT2D eigenvalue weighted by Gasteiger charge is -2.16. The maximum atomic E-state index is 9.85. The van der Waals surface area contributed by atoms with Crippen molar-refractivity contribution in [3.63, 3.8) is 0 Å². The summed E-state index contributed by atoms with van der Waals surface area (Å²) in [6, 6.07) is 4.29. The first-order valence-electron chi connectivity index (χ1n) is 7.04. The van der Waals surface area contributed by atoms with Gasteiger partial charge < -0.3 is 15.2 Å². The lowest BCUT2D eigenvalue weighted by Crippen LogP contribution is -2.36. The molecule has 110 valence electrons. The third kappa shape index (κ3) is 4.80. The summed E-state index contributed by atoms with van der Waals surface area (Å²) >= 11 is 0. The van der Waals surface area contributed by atoms with Crippen molar-refractivity contribution in [1.29, 1.82) is 5.26 Å². The van der Waals surface area contributed by atoms with Crippen molar-refractivity contribution in [2.45, 2.75) is 45.8 Å². The first-order valence-corrected chi connectivity index (χ1v) is 7.04. The van der Waals surface area contributed by atoms with Crippen LogP contribution >= 0.6 is 0 Å². The standard InChI is InChI=1S/C15H23N3O2/c1-4-11(3)18-9-13(19)10-20-15-14(8-16)12(5-2)6-7-17-15/h6-7,11,13,18-19H,4-5,9-10H2,1-3H3. The molecule has 0 spiro atoms. The minimum atomic E-state index is -0.623. The van der Waals surface area contributed by atoms with Crippen molar-refractivity contribution < 1.29 is 9.84 Å². The first kappa shape index (κ1) is 16.4. The van der Waals surface area contributed by atoms with E-state index in [1.54, 1.807) is 6.20 Å². The highest BCUT2D eigenvalue weighted by Gasteiger charge is 2.12. The highest BCUT2D eigenvalue weighted by atomic mass is 16.5. The van der Waals surface area contributed by atoms with Gasteiger partial charge in [0.2, 0.25) is 5.88 Å². The second-order valence-corrected chi connectivity index (χ2v) is 4.80. The SMILES string of the molecule is CCc1ccnc(OCC(O)CNC(C)CC)c1C#N. The number of aryl methyl sites for hydroxylation is 1. The van der Waals surface area contributed by atoms with E-state index in [9.17, 15) is 5.11 Å². The summed E-state index contributed by atoms with van der Waals surface area (Å²) in [5.74, 6) is 0.300. The van der Waals surface area contributed by atoms with Crippen LogP contribution in [0.25, 0.3) is 0 Å². The number of nitrogens with one attached hydrogen (secondary N) is 1. The Morgan fingerprint density at radius 1 is 1.50 bits per heavy atom. The smallest absolute Gasteiger partial charge is 0.232 e. The number of hydrogen-bond donors (Lipinski definition) is 2. The van der Waals surface area contributed by atoms with E-state index in [0.29, 0.717) is 24.0 Å². The second-order valence-electron chi connectivity index (χ2n) is 4.80. The number of hydrogen-bond acceptors (Lipinski definition) is 5. The summed E-state index contributed by atoms with van der Waals surface area (Å²) < 4.78 is 5.47. The van der Waals surface area contributed by atoms with Crippen LogP contribution in [0, 0.1) is 11.3 Å². The van der Waals surface area contributed by atoms with Crippen molar-refractivity contribution >= 4 is 0 Å². The number of ether oxygens (including phenoxy) is 1. The second kappa shape index (κ2) is 8.51. The Balaban J connectivity index is 2.55. The average molecular weight is 277 g/mol. The van der Waals surface area contributed by atoms with E-state index in [1.807, 2.05) is 13.0 Å². The monoisotopic (exact) mass is 277 g/mol. The molecule has 0 radical (unpaired) electrons. The van der Waals surface area contributed by atoms with Crippen molar-refractivity contribution in [2.24, 2.45) is 0 Å². The van der Waals surface area contributed by atoms with Gasteiger partial charge in [-0.3, -0.25) is 0 Å². The van der Waals surface area contributed by atoms with Crippen LogP contribution in [0.4, 0.5) is 0 Å². The quantitative estimate of drug-likeness (QED) is 0.755. The summed E-state index contributed by atoms with van der Waals surface area (Å²) in [4.78, 5) is 4.07. The lowest BCUT2D eigenvalue weighted by molar-refractivity contribution is 0.101. The molecule has 0 aromatic carbocycles. The van der Waals surface area contributed by atoms with E-state index in [4.69, 9.17) is 10.00 Å². The van der Waals surface area contributed by atoms with Gasteiger partial charge in [0, 0.05) is 18.8 Å². The zero-order valence-electron chi connectivity index (χ0n) is 12.4. The number of nitrogens with zero attached hydrogens (tertiary/aromatic N) is 2. The molecule has 0 aliphatic heterocycles. The molecule has 1 aromatic heterocycles. The predicted molar refractivity (Wildman–Crippen MR) is 77.6 cm³/mol. The van der Waals surface area contributed by atoms with Crippen LogP contribution in [0.15, 0.2) is 12.3 Å². The number of aliphatic hydroxyl groups is 1. The van der Waals surface area contributed by atoms with E-state index in [0.717, 1.165) is 18.4 Å². The number of nitriles is 1. The van der Waals surface area contributed by atoms with Crippen LogP contribution < -0.4 is 10.1 Å². The van der Waals surface area contributed by atoms with Crippen LogP contribution in [0.3, 0.4) is 0 Å². The molecule has 5 nitrogen and oxygen atoms in total. The molecule has 0 aliphatic rings. The van der Waals surface area contributed by atoms with Crippen LogP contribution in [-0.2, 0) is 6.42 Å².